The summed E-state index contributed by atoms with van der Waals surface area (Å²) in [6.45, 7) is 0.486. The van der Waals surface area contributed by atoms with Crippen molar-refractivity contribution < 1.29 is 4.79 Å². The van der Waals surface area contributed by atoms with Gasteiger partial charge in [0.15, 0.2) is 0 Å². The van der Waals surface area contributed by atoms with E-state index in [9.17, 15) is 4.79 Å². The number of hydrogen-bond acceptors (Lipinski definition) is 3. The van der Waals surface area contributed by atoms with Crippen LogP contribution in [0.4, 0.5) is 0 Å². The lowest BCUT2D eigenvalue weighted by Crippen LogP contribution is -2.29. The number of rotatable bonds is 3. The van der Waals surface area contributed by atoms with Gasteiger partial charge in [-0.3, -0.25) is 4.79 Å². The van der Waals surface area contributed by atoms with Gasteiger partial charge >= 0.3 is 0 Å². The Hall–Kier alpha value is -0.940. The van der Waals surface area contributed by atoms with E-state index in [-0.39, 0.29) is 12.5 Å². The summed E-state index contributed by atoms with van der Waals surface area (Å²) in [5, 5.41) is 2.65. The summed E-state index contributed by atoms with van der Waals surface area (Å²) in [6, 6.07) is 3.71. The number of nitrogens with zero attached hydrogens (tertiary/aromatic N) is 1. The third kappa shape index (κ3) is 3.52. The van der Waals surface area contributed by atoms with Gasteiger partial charge in [-0.2, -0.15) is 0 Å². The third-order valence-electron chi connectivity index (χ3n) is 1.46. The van der Waals surface area contributed by atoms with Gasteiger partial charge in [-0.25, -0.2) is 4.98 Å². The molecule has 0 saturated carbocycles. The van der Waals surface area contributed by atoms with E-state index in [1.165, 1.54) is 0 Å². The van der Waals surface area contributed by atoms with Crippen molar-refractivity contribution in [3.05, 3.63) is 28.5 Å². The van der Waals surface area contributed by atoms with E-state index in [1.54, 1.807) is 6.20 Å². The zero-order valence-electron chi connectivity index (χ0n) is 6.96. The molecule has 0 spiro atoms. The summed E-state index contributed by atoms with van der Waals surface area (Å²) in [5.74, 6) is -0.164. The smallest absolute Gasteiger partial charge is 0.234 e. The Bertz CT molecular complexity index is 286. The fraction of sp³-hybridized carbons (Fsp3) is 0.250. The lowest BCUT2D eigenvalue weighted by atomic mass is 10.3. The Morgan fingerprint density at radius 1 is 1.62 bits per heavy atom. The molecule has 0 aliphatic rings. The molecule has 70 valence electrons. The van der Waals surface area contributed by atoms with E-state index < -0.39 is 0 Å². The number of aromatic nitrogens is 1. The van der Waals surface area contributed by atoms with Crippen LogP contribution in [-0.4, -0.2) is 17.4 Å². The molecule has 1 heterocycles. The maximum absolute atomic E-state index is 10.8. The highest BCUT2D eigenvalue weighted by atomic mass is 79.9. The maximum atomic E-state index is 10.8. The molecule has 13 heavy (non-hydrogen) atoms. The predicted molar refractivity (Wildman–Crippen MR) is 52.8 cm³/mol. The van der Waals surface area contributed by atoms with Crippen LogP contribution >= 0.6 is 15.9 Å². The van der Waals surface area contributed by atoms with Crippen LogP contribution in [0.15, 0.2) is 22.9 Å². The van der Waals surface area contributed by atoms with Crippen LogP contribution in [0.3, 0.4) is 0 Å². The molecule has 1 rings (SSSR count). The lowest BCUT2D eigenvalue weighted by Gasteiger charge is -2.02. The van der Waals surface area contributed by atoms with Crippen LogP contribution in [0.2, 0.25) is 0 Å². The molecule has 0 radical (unpaired) electrons. The normalized spacial score (nSPS) is 9.69. The standard InChI is InChI=1S/C8H10BrN3O/c9-7-2-1-6(4-11-7)5-12-8(13)3-10/h1-2,4H,3,5,10H2,(H,12,13). The first-order chi connectivity index (χ1) is 6.22. The van der Waals surface area contributed by atoms with E-state index in [0.29, 0.717) is 6.54 Å². The van der Waals surface area contributed by atoms with Crippen LogP contribution in [0.1, 0.15) is 5.56 Å². The van der Waals surface area contributed by atoms with Gasteiger partial charge in [0.05, 0.1) is 6.54 Å². The Balaban J connectivity index is 2.46. The molecular formula is C8H10BrN3O. The van der Waals surface area contributed by atoms with Crippen LogP contribution in [0, 0.1) is 0 Å². The second kappa shape index (κ2) is 4.94. The molecule has 0 bridgehead atoms. The number of amides is 1. The van der Waals surface area contributed by atoms with Crippen molar-refractivity contribution in [3.63, 3.8) is 0 Å². The van der Waals surface area contributed by atoms with Crippen molar-refractivity contribution in [3.8, 4) is 0 Å². The molecule has 0 atom stereocenters. The quantitative estimate of drug-likeness (QED) is 0.757. The fourth-order valence-electron chi connectivity index (χ4n) is 0.784. The van der Waals surface area contributed by atoms with Crippen molar-refractivity contribution in [2.75, 3.05) is 6.54 Å². The van der Waals surface area contributed by atoms with Gasteiger partial charge in [-0.15, -0.1) is 0 Å². The number of nitrogens with one attached hydrogen (secondary N) is 1. The van der Waals surface area contributed by atoms with Crippen molar-refractivity contribution in [1.29, 1.82) is 0 Å². The number of halogens is 1. The summed E-state index contributed by atoms with van der Waals surface area (Å²) < 4.78 is 0.779. The highest BCUT2D eigenvalue weighted by Crippen LogP contribution is 2.05. The highest BCUT2D eigenvalue weighted by Gasteiger charge is 1.97. The summed E-state index contributed by atoms with van der Waals surface area (Å²) >= 11 is 3.22. The Kier molecular flexibility index (Phi) is 3.85. The van der Waals surface area contributed by atoms with Gasteiger partial charge in [-0.1, -0.05) is 6.07 Å². The average Bonchev–Trinajstić information content (AvgIpc) is 2.16. The Morgan fingerprint density at radius 3 is 2.92 bits per heavy atom. The number of nitrogens with two attached hydrogens (primary N) is 1. The molecule has 1 aromatic heterocycles. The first-order valence-corrected chi connectivity index (χ1v) is 4.59. The van der Waals surface area contributed by atoms with Crippen LogP contribution in [0.5, 0.6) is 0 Å². The summed E-state index contributed by atoms with van der Waals surface area (Å²) in [7, 11) is 0. The Labute approximate surface area is 84.7 Å². The molecule has 5 heteroatoms. The molecule has 4 nitrogen and oxygen atoms in total. The zero-order chi connectivity index (χ0) is 9.68. The second-order valence-corrected chi connectivity index (χ2v) is 3.28. The molecule has 0 aliphatic carbocycles. The van der Waals surface area contributed by atoms with Gasteiger partial charge in [0.2, 0.25) is 5.91 Å². The third-order valence-corrected chi connectivity index (χ3v) is 1.93. The van der Waals surface area contributed by atoms with E-state index in [1.807, 2.05) is 12.1 Å². The van der Waals surface area contributed by atoms with Crippen LogP contribution < -0.4 is 11.1 Å². The minimum atomic E-state index is -0.164. The first-order valence-electron chi connectivity index (χ1n) is 3.79. The number of pyridine rings is 1. The van der Waals surface area contributed by atoms with Crippen molar-refractivity contribution in [1.82, 2.24) is 10.3 Å². The average molecular weight is 244 g/mol. The van der Waals surface area contributed by atoms with Crippen molar-refractivity contribution in [2.24, 2.45) is 5.73 Å². The number of carbonyl (C=O) groups excluding carboxylic acids is 1. The number of carbonyl (C=O) groups is 1. The van der Waals surface area contributed by atoms with Gasteiger partial charge in [-0.05, 0) is 27.6 Å². The van der Waals surface area contributed by atoms with Crippen molar-refractivity contribution >= 4 is 21.8 Å². The van der Waals surface area contributed by atoms with Crippen molar-refractivity contribution in [2.45, 2.75) is 6.54 Å². The minimum Gasteiger partial charge on any atom is -0.351 e. The molecule has 0 aliphatic heterocycles. The van der Waals surface area contributed by atoms with Gasteiger partial charge in [0.25, 0.3) is 0 Å². The van der Waals surface area contributed by atoms with Gasteiger partial charge in [0, 0.05) is 12.7 Å². The molecule has 1 amide bonds. The second-order valence-electron chi connectivity index (χ2n) is 2.47. The molecule has 0 fully saturated rings. The minimum absolute atomic E-state index is 0.0178. The monoisotopic (exact) mass is 243 g/mol. The summed E-state index contributed by atoms with van der Waals surface area (Å²) in [5.41, 5.74) is 6.07. The lowest BCUT2D eigenvalue weighted by molar-refractivity contribution is -0.119. The van der Waals surface area contributed by atoms with Gasteiger partial charge < -0.3 is 11.1 Å². The first kappa shape index (κ1) is 10.1. The van der Waals surface area contributed by atoms with Crippen LogP contribution in [0.25, 0.3) is 0 Å². The summed E-state index contributed by atoms with van der Waals surface area (Å²) in [6.07, 6.45) is 1.70. The highest BCUT2D eigenvalue weighted by molar-refractivity contribution is 9.10. The van der Waals surface area contributed by atoms with Crippen LogP contribution in [-0.2, 0) is 11.3 Å². The molecular weight excluding hydrogens is 234 g/mol. The van der Waals surface area contributed by atoms with E-state index >= 15 is 0 Å². The molecule has 1 aromatic rings. The van der Waals surface area contributed by atoms with E-state index in [0.717, 1.165) is 10.2 Å². The van der Waals surface area contributed by atoms with Gasteiger partial charge in [0.1, 0.15) is 4.60 Å². The maximum Gasteiger partial charge on any atom is 0.234 e. The SMILES string of the molecule is NCC(=O)NCc1ccc(Br)nc1. The molecule has 0 aromatic carbocycles. The topological polar surface area (TPSA) is 68.0 Å². The van der Waals surface area contributed by atoms with E-state index in [2.05, 4.69) is 26.2 Å². The predicted octanol–water partition coefficient (Wildman–Crippen LogP) is 0.419. The largest absolute Gasteiger partial charge is 0.351 e. The van der Waals surface area contributed by atoms with E-state index in [4.69, 9.17) is 5.73 Å². The zero-order valence-corrected chi connectivity index (χ0v) is 8.54. The molecule has 3 N–H and O–H groups in total. The number of hydrogen-bond donors (Lipinski definition) is 2. The Morgan fingerprint density at radius 2 is 2.38 bits per heavy atom. The fourth-order valence-corrected chi connectivity index (χ4v) is 1.02. The summed E-state index contributed by atoms with van der Waals surface area (Å²) in [4.78, 5) is 14.8. The molecule has 0 saturated heterocycles. The molecule has 0 unspecified atom stereocenters.